The number of benzene rings is 1. The Labute approximate surface area is 187 Å². The molecule has 0 radical (unpaired) electrons. The summed E-state index contributed by atoms with van der Waals surface area (Å²) in [4.78, 5) is 54.7. The molecule has 2 fully saturated rings. The Balaban J connectivity index is 1.67. The first-order chi connectivity index (χ1) is 15.4. The largest absolute Gasteiger partial charge is 0.365 e. The number of nitrogens with one attached hydrogen (secondary N) is 1. The smallest absolute Gasteiger partial charge is 0.267 e. The number of hydrogen-bond donors (Lipinski definition) is 3. The zero-order valence-electron chi connectivity index (χ0n) is 17.8. The highest BCUT2D eigenvalue weighted by Crippen LogP contribution is 2.65. The lowest BCUT2D eigenvalue weighted by Gasteiger charge is -2.30. The van der Waals surface area contributed by atoms with E-state index in [0.717, 1.165) is 12.1 Å². The highest BCUT2D eigenvalue weighted by Gasteiger charge is 2.69. The predicted octanol–water partition coefficient (Wildman–Crippen LogP) is 1.29. The SMILES string of the molecule is CC1(C)[C@@H]2[C@@H](C(=O)Nc3ccnc(C(N)=O)c3)N(C(=O)c3ccc(F)c(F)c3C(N)=O)C[C@@H]21. The van der Waals surface area contributed by atoms with Gasteiger partial charge in [0.2, 0.25) is 5.91 Å². The monoisotopic (exact) mass is 457 g/mol. The van der Waals surface area contributed by atoms with E-state index >= 15 is 0 Å². The zero-order chi connectivity index (χ0) is 24.2. The number of amides is 4. The van der Waals surface area contributed by atoms with E-state index in [2.05, 4.69) is 10.3 Å². The second kappa shape index (κ2) is 7.61. The predicted molar refractivity (Wildman–Crippen MR) is 112 cm³/mol. The van der Waals surface area contributed by atoms with Crippen molar-refractivity contribution in [1.29, 1.82) is 0 Å². The van der Waals surface area contributed by atoms with Crippen LogP contribution in [0.5, 0.6) is 0 Å². The molecule has 0 spiro atoms. The minimum atomic E-state index is -1.52. The van der Waals surface area contributed by atoms with Crippen LogP contribution < -0.4 is 16.8 Å². The summed E-state index contributed by atoms with van der Waals surface area (Å²) in [6.07, 6.45) is 1.30. The van der Waals surface area contributed by atoms with Gasteiger partial charge in [0, 0.05) is 18.4 Å². The number of fused-ring (bicyclic) bond motifs is 1. The lowest BCUT2D eigenvalue weighted by molar-refractivity contribution is -0.120. The van der Waals surface area contributed by atoms with Gasteiger partial charge in [0.25, 0.3) is 17.7 Å². The third-order valence-corrected chi connectivity index (χ3v) is 6.59. The minimum Gasteiger partial charge on any atom is -0.365 e. The zero-order valence-corrected chi connectivity index (χ0v) is 17.8. The summed E-state index contributed by atoms with van der Waals surface area (Å²) in [6.45, 7) is 4.12. The number of pyridine rings is 1. The number of primary amides is 2. The van der Waals surface area contributed by atoms with E-state index in [-0.39, 0.29) is 35.2 Å². The van der Waals surface area contributed by atoms with Crippen LogP contribution in [0.15, 0.2) is 30.5 Å². The average molecular weight is 457 g/mol. The Morgan fingerprint density at radius 3 is 2.45 bits per heavy atom. The van der Waals surface area contributed by atoms with Crippen LogP contribution in [0.4, 0.5) is 14.5 Å². The van der Waals surface area contributed by atoms with Crippen LogP contribution in [-0.4, -0.2) is 46.1 Å². The number of rotatable bonds is 5. The van der Waals surface area contributed by atoms with Crippen molar-refractivity contribution in [3.8, 4) is 0 Å². The molecule has 2 aromatic rings. The Hall–Kier alpha value is -3.89. The number of halogens is 2. The van der Waals surface area contributed by atoms with E-state index in [9.17, 15) is 28.0 Å². The lowest BCUT2D eigenvalue weighted by Crippen LogP contribution is -2.48. The van der Waals surface area contributed by atoms with Crippen molar-refractivity contribution in [3.63, 3.8) is 0 Å². The topological polar surface area (TPSA) is 148 Å². The molecule has 5 N–H and O–H groups in total. The van der Waals surface area contributed by atoms with Crippen LogP contribution >= 0.6 is 0 Å². The fourth-order valence-electron chi connectivity index (χ4n) is 4.78. The minimum absolute atomic E-state index is 0.00172. The van der Waals surface area contributed by atoms with E-state index in [1.54, 1.807) is 0 Å². The van der Waals surface area contributed by atoms with Gasteiger partial charge in [-0.05, 0) is 41.5 Å². The first kappa shape index (κ1) is 22.3. The average Bonchev–Trinajstić information content (AvgIpc) is 3.09. The van der Waals surface area contributed by atoms with E-state index in [0.29, 0.717) is 0 Å². The molecule has 1 aliphatic carbocycles. The molecule has 172 valence electrons. The molecule has 1 aliphatic heterocycles. The molecule has 33 heavy (non-hydrogen) atoms. The van der Waals surface area contributed by atoms with Gasteiger partial charge in [0.05, 0.1) is 11.1 Å². The van der Waals surface area contributed by atoms with Crippen LogP contribution in [0.3, 0.4) is 0 Å². The second-order valence-electron chi connectivity index (χ2n) is 8.79. The van der Waals surface area contributed by atoms with Crippen LogP contribution in [0, 0.1) is 28.9 Å². The number of nitrogens with two attached hydrogens (primary N) is 2. The molecule has 4 amide bonds. The molecule has 2 heterocycles. The maximum atomic E-state index is 14.2. The number of piperidine rings is 1. The highest BCUT2D eigenvalue weighted by molar-refractivity contribution is 6.09. The van der Waals surface area contributed by atoms with E-state index in [1.807, 2.05) is 13.8 Å². The number of carbonyl (C=O) groups excluding carboxylic acids is 4. The van der Waals surface area contributed by atoms with Crippen molar-refractivity contribution in [1.82, 2.24) is 9.88 Å². The van der Waals surface area contributed by atoms with Gasteiger partial charge in [-0.25, -0.2) is 8.78 Å². The molecule has 1 aromatic heterocycles. The van der Waals surface area contributed by atoms with Crippen LogP contribution in [0.2, 0.25) is 0 Å². The Morgan fingerprint density at radius 1 is 1.12 bits per heavy atom. The summed E-state index contributed by atoms with van der Waals surface area (Å²) >= 11 is 0. The number of hydrogen-bond acceptors (Lipinski definition) is 5. The first-order valence-electron chi connectivity index (χ1n) is 10.1. The molecule has 1 aromatic carbocycles. The molecule has 2 aliphatic rings. The molecular weight excluding hydrogens is 436 g/mol. The quantitative estimate of drug-likeness (QED) is 0.619. The number of likely N-dealkylation sites (tertiary alicyclic amines) is 1. The Bertz CT molecular complexity index is 1220. The summed E-state index contributed by atoms with van der Waals surface area (Å²) in [5.41, 5.74) is 9.12. The summed E-state index contributed by atoms with van der Waals surface area (Å²) < 4.78 is 27.9. The van der Waals surface area contributed by atoms with Crippen LogP contribution in [0.1, 0.15) is 45.1 Å². The number of nitrogens with zero attached hydrogens (tertiary/aromatic N) is 2. The summed E-state index contributed by atoms with van der Waals surface area (Å²) in [5, 5.41) is 2.66. The van der Waals surface area contributed by atoms with Crippen molar-refractivity contribution >= 4 is 29.3 Å². The third kappa shape index (κ3) is 3.59. The lowest BCUT2D eigenvalue weighted by atomic mass is 9.98. The third-order valence-electron chi connectivity index (χ3n) is 6.59. The van der Waals surface area contributed by atoms with E-state index in [1.165, 1.54) is 23.2 Å². The molecule has 0 unspecified atom stereocenters. The fraction of sp³-hybridized carbons (Fsp3) is 0.318. The standard InChI is InChI=1S/C22H21F2N5O4/c1-22(2)11-8-29(21(33)10-3-4-12(23)16(24)14(10)19(26)31)17(15(11)22)20(32)28-9-5-6-27-13(7-9)18(25)30/h3-7,11,15,17H,8H2,1-2H3,(H2,25,30)(H2,26,31)(H,27,28,32)/t11-,15-,17-/m0/s1. The second-order valence-corrected chi connectivity index (χ2v) is 8.79. The molecular formula is C22H21F2N5O4. The molecule has 0 bridgehead atoms. The molecule has 9 nitrogen and oxygen atoms in total. The van der Waals surface area contributed by atoms with Gasteiger partial charge < -0.3 is 21.7 Å². The van der Waals surface area contributed by atoms with Crippen molar-refractivity contribution in [2.45, 2.75) is 19.9 Å². The van der Waals surface area contributed by atoms with Crippen molar-refractivity contribution in [3.05, 3.63) is 58.9 Å². The normalized spacial score (nSPS) is 22.4. The van der Waals surface area contributed by atoms with E-state index in [4.69, 9.17) is 11.5 Å². The van der Waals surface area contributed by atoms with Gasteiger partial charge in [0.1, 0.15) is 11.7 Å². The fourth-order valence-corrected chi connectivity index (χ4v) is 4.78. The molecule has 4 rings (SSSR count). The van der Waals surface area contributed by atoms with Crippen molar-refractivity contribution < 1.29 is 28.0 Å². The van der Waals surface area contributed by atoms with Crippen molar-refractivity contribution in [2.24, 2.45) is 28.7 Å². The van der Waals surface area contributed by atoms with Gasteiger partial charge in [-0.2, -0.15) is 0 Å². The number of carbonyl (C=O) groups is 4. The van der Waals surface area contributed by atoms with Crippen molar-refractivity contribution in [2.75, 3.05) is 11.9 Å². The van der Waals surface area contributed by atoms with Gasteiger partial charge in [-0.3, -0.25) is 24.2 Å². The Kier molecular flexibility index (Phi) is 5.14. The first-order valence-corrected chi connectivity index (χ1v) is 10.1. The maximum absolute atomic E-state index is 14.2. The molecule has 11 heteroatoms. The summed E-state index contributed by atoms with van der Waals surface area (Å²) in [5.74, 6) is -6.44. The molecule has 3 atom stereocenters. The van der Waals surface area contributed by atoms with Crippen LogP contribution in [0.25, 0.3) is 0 Å². The van der Waals surface area contributed by atoms with Gasteiger partial charge in [-0.15, -0.1) is 0 Å². The maximum Gasteiger partial charge on any atom is 0.267 e. The Morgan fingerprint density at radius 2 is 1.82 bits per heavy atom. The highest BCUT2D eigenvalue weighted by atomic mass is 19.2. The van der Waals surface area contributed by atoms with Gasteiger partial charge >= 0.3 is 0 Å². The summed E-state index contributed by atoms with van der Waals surface area (Å²) in [7, 11) is 0. The van der Waals surface area contributed by atoms with E-state index < -0.39 is 52.4 Å². The van der Waals surface area contributed by atoms with Gasteiger partial charge in [-0.1, -0.05) is 13.8 Å². The van der Waals surface area contributed by atoms with Gasteiger partial charge in [0.15, 0.2) is 11.6 Å². The molecule has 1 saturated carbocycles. The number of anilines is 1. The van der Waals surface area contributed by atoms with Crippen LogP contribution in [-0.2, 0) is 4.79 Å². The summed E-state index contributed by atoms with van der Waals surface area (Å²) in [6, 6.07) is 3.52. The molecule has 1 saturated heterocycles. The number of aromatic nitrogens is 1.